The van der Waals surface area contributed by atoms with E-state index in [9.17, 15) is 0 Å². The molecule has 1 aromatic heterocycles. The smallest absolute Gasteiger partial charge is 0.202 e. The second-order valence-corrected chi connectivity index (χ2v) is 5.24. The summed E-state index contributed by atoms with van der Waals surface area (Å²) in [6.45, 7) is 5.72. The molecule has 0 saturated carbocycles. The Morgan fingerprint density at radius 1 is 1.26 bits per heavy atom. The topological polar surface area (TPSA) is 47.0 Å². The summed E-state index contributed by atoms with van der Waals surface area (Å²) in [5.74, 6) is 0.784. The van der Waals surface area contributed by atoms with Gasteiger partial charge in [-0.2, -0.15) is 9.36 Å². The Labute approximate surface area is 118 Å². The Morgan fingerprint density at radius 3 is 2.79 bits per heavy atom. The molecule has 0 radical (unpaired) electrons. The standard InChI is InChI=1S/C14H19N3OS/c1-11(2)18-10-6-9-15-14-16-13(17-19-14)12-7-4-3-5-8-12/h3-5,7-8,11H,6,9-10H2,1-2H3,(H,15,16,17). The second-order valence-electron chi connectivity index (χ2n) is 4.49. The lowest BCUT2D eigenvalue weighted by Gasteiger charge is -2.06. The van der Waals surface area contributed by atoms with Crippen molar-refractivity contribution >= 4 is 16.7 Å². The number of rotatable bonds is 7. The molecule has 0 atom stereocenters. The number of nitrogens with one attached hydrogen (secondary N) is 1. The lowest BCUT2D eigenvalue weighted by atomic mass is 10.2. The zero-order valence-corrected chi connectivity index (χ0v) is 12.1. The zero-order valence-electron chi connectivity index (χ0n) is 11.3. The number of aromatic nitrogens is 2. The molecule has 2 aromatic rings. The molecule has 0 aliphatic carbocycles. The van der Waals surface area contributed by atoms with Crippen molar-refractivity contribution < 1.29 is 4.74 Å². The van der Waals surface area contributed by atoms with Gasteiger partial charge >= 0.3 is 0 Å². The molecule has 0 amide bonds. The van der Waals surface area contributed by atoms with Crippen LogP contribution in [-0.4, -0.2) is 28.6 Å². The molecule has 5 heteroatoms. The summed E-state index contributed by atoms with van der Waals surface area (Å²) in [5, 5.41) is 4.14. The highest BCUT2D eigenvalue weighted by Crippen LogP contribution is 2.20. The van der Waals surface area contributed by atoms with Crippen molar-refractivity contribution in [3.8, 4) is 11.4 Å². The average molecular weight is 277 g/mol. The van der Waals surface area contributed by atoms with Crippen LogP contribution in [0.2, 0.25) is 0 Å². The van der Waals surface area contributed by atoms with Gasteiger partial charge in [0.2, 0.25) is 5.13 Å². The molecule has 0 unspecified atom stereocenters. The Morgan fingerprint density at radius 2 is 2.05 bits per heavy atom. The van der Waals surface area contributed by atoms with Gasteiger partial charge in [0.15, 0.2) is 5.82 Å². The molecule has 0 bridgehead atoms. The van der Waals surface area contributed by atoms with Gasteiger partial charge in [0.05, 0.1) is 6.10 Å². The van der Waals surface area contributed by atoms with E-state index >= 15 is 0 Å². The van der Waals surface area contributed by atoms with Crippen LogP contribution in [0.1, 0.15) is 20.3 Å². The van der Waals surface area contributed by atoms with E-state index in [-0.39, 0.29) is 0 Å². The fraction of sp³-hybridized carbons (Fsp3) is 0.429. The molecular weight excluding hydrogens is 258 g/mol. The minimum absolute atomic E-state index is 0.297. The third-order valence-corrected chi connectivity index (χ3v) is 3.18. The summed E-state index contributed by atoms with van der Waals surface area (Å²) >= 11 is 1.40. The lowest BCUT2D eigenvalue weighted by molar-refractivity contribution is 0.0787. The molecule has 0 aliphatic heterocycles. The highest BCUT2D eigenvalue weighted by Gasteiger charge is 2.05. The number of ether oxygens (including phenoxy) is 1. The molecular formula is C14H19N3OS. The molecule has 4 nitrogen and oxygen atoms in total. The highest BCUT2D eigenvalue weighted by molar-refractivity contribution is 7.09. The Hall–Kier alpha value is -1.46. The first-order valence-corrected chi connectivity index (χ1v) is 7.27. The molecule has 0 aliphatic rings. The summed E-state index contributed by atoms with van der Waals surface area (Å²) in [6, 6.07) is 10.0. The van der Waals surface area contributed by atoms with Crippen LogP contribution < -0.4 is 5.32 Å². The lowest BCUT2D eigenvalue weighted by Crippen LogP contribution is -2.09. The molecule has 0 spiro atoms. The van der Waals surface area contributed by atoms with E-state index in [1.807, 2.05) is 44.2 Å². The predicted molar refractivity (Wildman–Crippen MR) is 79.5 cm³/mol. The van der Waals surface area contributed by atoms with Gasteiger partial charge in [0.1, 0.15) is 0 Å². The van der Waals surface area contributed by atoms with E-state index in [1.165, 1.54) is 11.5 Å². The molecule has 19 heavy (non-hydrogen) atoms. The highest BCUT2D eigenvalue weighted by atomic mass is 32.1. The van der Waals surface area contributed by atoms with Crippen molar-refractivity contribution in [3.05, 3.63) is 30.3 Å². The summed E-state index contributed by atoms with van der Waals surface area (Å²) < 4.78 is 9.83. The van der Waals surface area contributed by atoms with E-state index in [0.29, 0.717) is 6.10 Å². The van der Waals surface area contributed by atoms with Gasteiger partial charge < -0.3 is 10.1 Å². The monoisotopic (exact) mass is 277 g/mol. The fourth-order valence-corrected chi connectivity index (χ4v) is 2.20. The second kappa shape index (κ2) is 7.21. The van der Waals surface area contributed by atoms with Crippen molar-refractivity contribution in [1.29, 1.82) is 0 Å². The van der Waals surface area contributed by atoms with Crippen LogP contribution in [0.15, 0.2) is 30.3 Å². The third-order valence-electron chi connectivity index (χ3n) is 2.51. The average Bonchev–Trinajstić information content (AvgIpc) is 2.88. The van der Waals surface area contributed by atoms with E-state index in [1.54, 1.807) is 0 Å². The van der Waals surface area contributed by atoms with E-state index < -0.39 is 0 Å². The van der Waals surface area contributed by atoms with Gasteiger partial charge in [0, 0.05) is 30.2 Å². The molecule has 1 heterocycles. The first kappa shape index (κ1) is 14.0. The zero-order chi connectivity index (χ0) is 13.5. The fourth-order valence-electron chi connectivity index (χ4n) is 1.59. The normalized spacial score (nSPS) is 10.9. The molecule has 0 saturated heterocycles. The number of anilines is 1. The molecule has 102 valence electrons. The van der Waals surface area contributed by atoms with E-state index in [2.05, 4.69) is 14.7 Å². The van der Waals surface area contributed by atoms with Gasteiger partial charge in [-0.25, -0.2) is 0 Å². The first-order valence-electron chi connectivity index (χ1n) is 6.50. The van der Waals surface area contributed by atoms with Gasteiger partial charge in [0.25, 0.3) is 0 Å². The maximum Gasteiger partial charge on any atom is 0.202 e. The quantitative estimate of drug-likeness (QED) is 0.788. The van der Waals surface area contributed by atoms with Crippen LogP contribution in [0, 0.1) is 0 Å². The summed E-state index contributed by atoms with van der Waals surface area (Å²) in [5.41, 5.74) is 1.05. The molecule has 0 fully saturated rings. The molecule has 1 N–H and O–H groups in total. The summed E-state index contributed by atoms with van der Waals surface area (Å²) in [4.78, 5) is 4.47. The third kappa shape index (κ3) is 4.61. The predicted octanol–water partition coefficient (Wildman–Crippen LogP) is 3.43. The van der Waals surface area contributed by atoms with Gasteiger partial charge in [-0.1, -0.05) is 30.3 Å². The largest absolute Gasteiger partial charge is 0.379 e. The number of hydrogen-bond acceptors (Lipinski definition) is 5. The van der Waals surface area contributed by atoms with Crippen LogP contribution >= 0.6 is 11.5 Å². The van der Waals surface area contributed by atoms with Crippen LogP contribution in [0.5, 0.6) is 0 Å². The van der Waals surface area contributed by atoms with Crippen LogP contribution in [0.25, 0.3) is 11.4 Å². The van der Waals surface area contributed by atoms with E-state index in [0.717, 1.165) is 36.1 Å². The SMILES string of the molecule is CC(C)OCCCNc1nc(-c2ccccc2)ns1. The maximum absolute atomic E-state index is 5.48. The van der Waals surface area contributed by atoms with Crippen LogP contribution in [-0.2, 0) is 4.74 Å². The van der Waals surface area contributed by atoms with Crippen molar-refractivity contribution in [1.82, 2.24) is 9.36 Å². The van der Waals surface area contributed by atoms with Crippen molar-refractivity contribution in [2.75, 3.05) is 18.5 Å². The van der Waals surface area contributed by atoms with Gasteiger partial charge in [-0.3, -0.25) is 0 Å². The maximum atomic E-state index is 5.48. The Kier molecular flexibility index (Phi) is 5.30. The number of nitrogens with zero attached hydrogens (tertiary/aromatic N) is 2. The van der Waals surface area contributed by atoms with E-state index in [4.69, 9.17) is 4.74 Å². The number of hydrogen-bond donors (Lipinski definition) is 1. The van der Waals surface area contributed by atoms with Crippen molar-refractivity contribution in [2.24, 2.45) is 0 Å². The summed E-state index contributed by atoms with van der Waals surface area (Å²) in [6.07, 6.45) is 1.27. The Balaban J connectivity index is 1.78. The Bertz CT molecular complexity index is 484. The number of benzene rings is 1. The van der Waals surface area contributed by atoms with Gasteiger partial charge in [-0.15, -0.1) is 0 Å². The summed E-state index contributed by atoms with van der Waals surface area (Å²) in [7, 11) is 0. The minimum Gasteiger partial charge on any atom is -0.379 e. The van der Waals surface area contributed by atoms with Crippen LogP contribution in [0.3, 0.4) is 0 Å². The molecule has 2 rings (SSSR count). The van der Waals surface area contributed by atoms with Crippen LogP contribution in [0.4, 0.5) is 5.13 Å². The first-order chi connectivity index (χ1) is 9.25. The van der Waals surface area contributed by atoms with Crippen molar-refractivity contribution in [2.45, 2.75) is 26.4 Å². The molecule has 1 aromatic carbocycles. The minimum atomic E-state index is 0.297. The van der Waals surface area contributed by atoms with Gasteiger partial charge in [-0.05, 0) is 20.3 Å². The van der Waals surface area contributed by atoms with Crippen molar-refractivity contribution in [3.63, 3.8) is 0 Å².